The summed E-state index contributed by atoms with van der Waals surface area (Å²) >= 11 is 1.72. The van der Waals surface area contributed by atoms with E-state index in [-0.39, 0.29) is 0 Å². The van der Waals surface area contributed by atoms with Crippen LogP contribution in [0.25, 0.3) is 0 Å². The van der Waals surface area contributed by atoms with Crippen LogP contribution >= 0.6 is 11.3 Å². The molecule has 0 atom stereocenters. The Kier molecular flexibility index (Phi) is 3.36. The summed E-state index contributed by atoms with van der Waals surface area (Å²) in [6, 6.07) is 3.88. The van der Waals surface area contributed by atoms with E-state index in [1.54, 1.807) is 17.4 Å². The first kappa shape index (κ1) is 10.9. The molecule has 0 saturated carbocycles. The summed E-state index contributed by atoms with van der Waals surface area (Å²) in [4.78, 5) is 8.27. The molecular formula is C11H14N4S. The molecule has 5 heteroatoms. The molecule has 4 nitrogen and oxygen atoms in total. The van der Waals surface area contributed by atoms with Crippen LogP contribution in [0, 0.1) is 6.92 Å². The summed E-state index contributed by atoms with van der Waals surface area (Å²) in [6.07, 6.45) is 0.993. The average molecular weight is 234 g/mol. The van der Waals surface area contributed by atoms with Crippen molar-refractivity contribution < 1.29 is 0 Å². The molecule has 0 aliphatic heterocycles. The Hall–Kier alpha value is -1.62. The van der Waals surface area contributed by atoms with Gasteiger partial charge in [0.1, 0.15) is 17.5 Å². The lowest BCUT2D eigenvalue weighted by Crippen LogP contribution is -2.08. The lowest BCUT2D eigenvalue weighted by Gasteiger charge is -2.06. The predicted molar refractivity (Wildman–Crippen MR) is 67.7 cm³/mol. The number of nitrogens with zero attached hydrogens (tertiary/aromatic N) is 2. The number of nitrogen functional groups attached to an aromatic ring is 1. The van der Waals surface area contributed by atoms with Gasteiger partial charge in [0.2, 0.25) is 0 Å². The molecule has 0 fully saturated rings. The van der Waals surface area contributed by atoms with Crippen LogP contribution in [0.3, 0.4) is 0 Å². The zero-order valence-corrected chi connectivity index (χ0v) is 9.92. The third-order valence-corrected chi connectivity index (χ3v) is 2.89. The van der Waals surface area contributed by atoms with Crippen LogP contribution in [0.5, 0.6) is 0 Å². The van der Waals surface area contributed by atoms with Crippen molar-refractivity contribution >= 4 is 23.0 Å². The van der Waals surface area contributed by atoms with Gasteiger partial charge in [-0.05, 0) is 35.7 Å². The molecule has 0 amide bonds. The molecule has 0 bridgehead atoms. The minimum Gasteiger partial charge on any atom is -0.384 e. The van der Waals surface area contributed by atoms with Crippen molar-refractivity contribution in [1.29, 1.82) is 0 Å². The molecule has 0 spiro atoms. The second-order valence-corrected chi connectivity index (χ2v) is 4.31. The van der Waals surface area contributed by atoms with E-state index in [1.165, 1.54) is 5.56 Å². The largest absolute Gasteiger partial charge is 0.384 e. The fraction of sp³-hybridized carbons (Fsp3) is 0.273. The summed E-state index contributed by atoms with van der Waals surface area (Å²) in [5, 5.41) is 7.48. The highest BCUT2D eigenvalue weighted by molar-refractivity contribution is 7.07. The monoisotopic (exact) mass is 234 g/mol. The predicted octanol–water partition coefficient (Wildman–Crippen LogP) is 2.08. The van der Waals surface area contributed by atoms with Crippen molar-refractivity contribution in [2.24, 2.45) is 0 Å². The van der Waals surface area contributed by atoms with Crippen molar-refractivity contribution in [2.45, 2.75) is 13.3 Å². The van der Waals surface area contributed by atoms with Crippen LogP contribution in [-0.2, 0) is 6.42 Å². The quantitative estimate of drug-likeness (QED) is 0.850. The van der Waals surface area contributed by atoms with Gasteiger partial charge in [-0.1, -0.05) is 0 Å². The van der Waals surface area contributed by atoms with Crippen LogP contribution < -0.4 is 11.1 Å². The van der Waals surface area contributed by atoms with Gasteiger partial charge >= 0.3 is 0 Å². The molecule has 0 unspecified atom stereocenters. The standard InChI is InChI=1S/C11H14N4S/c1-8-14-10(12)6-11(15-8)13-4-2-9-3-5-16-7-9/h3,5-7H,2,4H2,1H3,(H3,12,13,14,15). The van der Waals surface area contributed by atoms with E-state index in [9.17, 15) is 0 Å². The molecule has 0 aliphatic rings. The smallest absolute Gasteiger partial charge is 0.131 e. The van der Waals surface area contributed by atoms with Gasteiger partial charge in [-0.25, -0.2) is 9.97 Å². The molecule has 0 radical (unpaired) electrons. The van der Waals surface area contributed by atoms with Crippen molar-refractivity contribution in [1.82, 2.24) is 9.97 Å². The molecule has 16 heavy (non-hydrogen) atoms. The van der Waals surface area contributed by atoms with Gasteiger partial charge in [-0.2, -0.15) is 11.3 Å². The summed E-state index contributed by atoms with van der Waals surface area (Å²) in [7, 11) is 0. The van der Waals surface area contributed by atoms with Gasteiger partial charge in [-0.3, -0.25) is 0 Å². The highest BCUT2D eigenvalue weighted by Crippen LogP contribution is 2.09. The van der Waals surface area contributed by atoms with Gasteiger partial charge in [0, 0.05) is 12.6 Å². The maximum atomic E-state index is 5.64. The van der Waals surface area contributed by atoms with Crippen molar-refractivity contribution in [2.75, 3.05) is 17.6 Å². The number of aromatic nitrogens is 2. The van der Waals surface area contributed by atoms with Gasteiger partial charge in [0.15, 0.2) is 0 Å². The van der Waals surface area contributed by atoms with Crippen LogP contribution in [0.4, 0.5) is 11.6 Å². The van der Waals surface area contributed by atoms with E-state index in [1.807, 2.05) is 6.92 Å². The van der Waals surface area contributed by atoms with Gasteiger partial charge < -0.3 is 11.1 Å². The SMILES string of the molecule is Cc1nc(N)cc(NCCc2ccsc2)n1. The molecule has 2 aromatic rings. The average Bonchev–Trinajstić information content (AvgIpc) is 2.69. The Morgan fingerprint density at radius 1 is 1.44 bits per heavy atom. The number of nitrogens with one attached hydrogen (secondary N) is 1. The Morgan fingerprint density at radius 3 is 3.00 bits per heavy atom. The van der Waals surface area contributed by atoms with E-state index >= 15 is 0 Å². The molecule has 2 rings (SSSR count). The lowest BCUT2D eigenvalue weighted by molar-refractivity contribution is 0.988. The van der Waals surface area contributed by atoms with Gasteiger partial charge in [0.25, 0.3) is 0 Å². The van der Waals surface area contributed by atoms with E-state index in [4.69, 9.17) is 5.73 Å². The van der Waals surface area contributed by atoms with E-state index in [0.717, 1.165) is 18.8 Å². The minimum absolute atomic E-state index is 0.505. The second-order valence-electron chi connectivity index (χ2n) is 3.53. The second kappa shape index (κ2) is 4.94. The molecular weight excluding hydrogens is 220 g/mol. The fourth-order valence-corrected chi connectivity index (χ4v) is 2.15. The van der Waals surface area contributed by atoms with Crippen LogP contribution in [0.1, 0.15) is 11.4 Å². The third kappa shape index (κ3) is 2.93. The van der Waals surface area contributed by atoms with Gasteiger partial charge in [-0.15, -0.1) is 0 Å². The molecule has 0 aliphatic carbocycles. The lowest BCUT2D eigenvalue weighted by atomic mass is 10.2. The molecule has 0 aromatic carbocycles. The topological polar surface area (TPSA) is 63.8 Å². The summed E-state index contributed by atoms with van der Waals surface area (Å²) in [6.45, 7) is 2.69. The molecule has 84 valence electrons. The zero-order valence-electron chi connectivity index (χ0n) is 9.10. The van der Waals surface area contributed by atoms with E-state index in [0.29, 0.717) is 11.6 Å². The number of hydrogen-bond donors (Lipinski definition) is 2. The summed E-state index contributed by atoms with van der Waals surface area (Å²) < 4.78 is 0. The first-order chi connectivity index (χ1) is 7.74. The maximum absolute atomic E-state index is 5.64. The Balaban J connectivity index is 1.89. The highest BCUT2D eigenvalue weighted by atomic mass is 32.1. The number of aryl methyl sites for hydroxylation is 1. The van der Waals surface area contributed by atoms with Crippen LogP contribution in [-0.4, -0.2) is 16.5 Å². The van der Waals surface area contributed by atoms with E-state index in [2.05, 4.69) is 32.1 Å². The fourth-order valence-electron chi connectivity index (χ4n) is 1.45. The van der Waals surface area contributed by atoms with Crippen LogP contribution in [0.2, 0.25) is 0 Å². The number of hydrogen-bond acceptors (Lipinski definition) is 5. The molecule has 3 N–H and O–H groups in total. The van der Waals surface area contributed by atoms with E-state index < -0.39 is 0 Å². The summed E-state index contributed by atoms with van der Waals surface area (Å²) in [5.74, 6) is 1.99. The number of anilines is 2. The Morgan fingerprint density at radius 2 is 2.31 bits per heavy atom. The number of thiophene rings is 1. The maximum Gasteiger partial charge on any atom is 0.131 e. The molecule has 2 aromatic heterocycles. The third-order valence-electron chi connectivity index (χ3n) is 2.16. The Labute approximate surface area is 98.6 Å². The van der Waals surface area contributed by atoms with Crippen molar-refractivity contribution in [3.8, 4) is 0 Å². The van der Waals surface area contributed by atoms with Gasteiger partial charge in [0.05, 0.1) is 0 Å². The molecule has 0 saturated heterocycles. The van der Waals surface area contributed by atoms with Crippen molar-refractivity contribution in [3.63, 3.8) is 0 Å². The number of rotatable bonds is 4. The zero-order chi connectivity index (χ0) is 11.4. The normalized spacial score (nSPS) is 10.3. The molecule has 2 heterocycles. The number of nitrogens with two attached hydrogens (primary N) is 1. The first-order valence-electron chi connectivity index (χ1n) is 5.10. The van der Waals surface area contributed by atoms with Crippen molar-refractivity contribution in [3.05, 3.63) is 34.3 Å². The Bertz CT molecular complexity index is 433. The van der Waals surface area contributed by atoms with Crippen LogP contribution in [0.15, 0.2) is 22.9 Å². The summed E-state index contributed by atoms with van der Waals surface area (Å²) in [5.41, 5.74) is 6.98. The minimum atomic E-state index is 0.505. The highest BCUT2D eigenvalue weighted by Gasteiger charge is 1.98. The first-order valence-corrected chi connectivity index (χ1v) is 6.04.